The monoisotopic (exact) mass is 359 g/mol. The van der Waals surface area contributed by atoms with Gasteiger partial charge in [0.1, 0.15) is 18.1 Å². The number of carbonyl (C=O) groups is 1. The van der Waals surface area contributed by atoms with Gasteiger partial charge in [0.15, 0.2) is 5.76 Å². The van der Waals surface area contributed by atoms with Crippen molar-refractivity contribution in [3.05, 3.63) is 78.5 Å². The number of rotatable bonds is 5. The van der Waals surface area contributed by atoms with Crippen LogP contribution in [0.3, 0.4) is 0 Å². The van der Waals surface area contributed by atoms with Crippen molar-refractivity contribution in [2.75, 3.05) is 7.05 Å². The van der Waals surface area contributed by atoms with E-state index in [0.29, 0.717) is 11.5 Å². The van der Waals surface area contributed by atoms with Gasteiger partial charge in [-0.25, -0.2) is 0 Å². The van der Waals surface area contributed by atoms with Gasteiger partial charge in [-0.2, -0.15) is 10.2 Å². The topological polar surface area (TPSA) is 77.2 Å². The molecule has 0 fully saturated rings. The summed E-state index contributed by atoms with van der Waals surface area (Å²) in [6.07, 6.45) is 3.37. The van der Waals surface area contributed by atoms with Crippen LogP contribution in [0.4, 0.5) is 0 Å². The molecule has 6 nitrogen and oxygen atoms in total. The molecule has 27 heavy (non-hydrogen) atoms. The van der Waals surface area contributed by atoms with Gasteiger partial charge >= 0.3 is 0 Å². The maximum atomic E-state index is 11.6. The van der Waals surface area contributed by atoms with Crippen LogP contribution in [0.5, 0.6) is 5.75 Å². The van der Waals surface area contributed by atoms with Crippen LogP contribution < -0.4 is 10.1 Å². The number of nitrogens with one attached hydrogen (secondary N) is 1. The number of fused-ring (bicyclic) bond motifs is 1. The van der Waals surface area contributed by atoms with Crippen LogP contribution in [0.1, 0.15) is 16.3 Å². The number of amides is 1. The molecule has 2 aromatic carbocycles. The van der Waals surface area contributed by atoms with Gasteiger partial charge in [-0.3, -0.25) is 4.79 Å². The van der Waals surface area contributed by atoms with Gasteiger partial charge in [0.2, 0.25) is 0 Å². The van der Waals surface area contributed by atoms with Gasteiger partial charge in [-0.05, 0) is 35.0 Å². The lowest BCUT2D eigenvalue weighted by Crippen LogP contribution is -2.16. The second kappa shape index (κ2) is 7.29. The SMILES string of the molecule is CNC(=O)c1ccc(COc2ccc3ccccc3c2-c2ccnnc2)o1. The Labute approximate surface area is 155 Å². The summed E-state index contributed by atoms with van der Waals surface area (Å²) in [5, 5.41) is 12.6. The van der Waals surface area contributed by atoms with Crippen molar-refractivity contribution in [2.24, 2.45) is 0 Å². The molecule has 0 radical (unpaired) electrons. The van der Waals surface area contributed by atoms with Gasteiger partial charge < -0.3 is 14.5 Å². The predicted octanol–water partition coefficient (Wildman–Crippen LogP) is 3.83. The van der Waals surface area contributed by atoms with Crippen molar-refractivity contribution in [3.63, 3.8) is 0 Å². The van der Waals surface area contributed by atoms with E-state index in [1.54, 1.807) is 31.6 Å². The fourth-order valence-electron chi connectivity index (χ4n) is 2.96. The zero-order valence-corrected chi connectivity index (χ0v) is 14.7. The second-order valence-corrected chi connectivity index (χ2v) is 5.92. The van der Waals surface area contributed by atoms with E-state index in [9.17, 15) is 4.79 Å². The maximum Gasteiger partial charge on any atom is 0.286 e. The smallest absolute Gasteiger partial charge is 0.286 e. The zero-order chi connectivity index (χ0) is 18.6. The van der Waals surface area contributed by atoms with Crippen molar-refractivity contribution in [2.45, 2.75) is 6.61 Å². The normalized spacial score (nSPS) is 10.7. The summed E-state index contributed by atoms with van der Waals surface area (Å²) in [5.41, 5.74) is 1.86. The average molecular weight is 359 g/mol. The molecule has 0 spiro atoms. The molecule has 6 heteroatoms. The van der Waals surface area contributed by atoms with Crippen molar-refractivity contribution in [3.8, 4) is 16.9 Å². The van der Waals surface area contributed by atoms with Crippen molar-refractivity contribution >= 4 is 16.7 Å². The summed E-state index contributed by atoms with van der Waals surface area (Å²) >= 11 is 0. The zero-order valence-electron chi connectivity index (χ0n) is 14.7. The van der Waals surface area contributed by atoms with Crippen LogP contribution in [0, 0.1) is 0 Å². The molecule has 134 valence electrons. The van der Waals surface area contributed by atoms with Crippen molar-refractivity contribution in [1.29, 1.82) is 0 Å². The number of carbonyl (C=O) groups excluding carboxylic acids is 1. The first-order valence-electron chi connectivity index (χ1n) is 8.48. The van der Waals surface area contributed by atoms with E-state index in [1.165, 1.54) is 0 Å². The minimum Gasteiger partial charge on any atom is -0.485 e. The average Bonchev–Trinajstić information content (AvgIpc) is 3.21. The van der Waals surface area contributed by atoms with E-state index in [-0.39, 0.29) is 18.3 Å². The molecule has 0 aliphatic heterocycles. The standard InChI is InChI=1S/C21H17N3O3/c1-22-21(25)19-9-7-16(27-19)13-26-18-8-6-14-4-2-3-5-17(14)20(18)15-10-11-23-24-12-15/h2-12H,13H2,1H3,(H,22,25). The number of ether oxygens (including phenoxy) is 1. The number of hydrogen-bond donors (Lipinski definition) is 1. The molecule has 0 aliphatic rings. The van der Waals surface area contributed by atoms with Crippen LogP contribution in [0.15, 0.2) is 71.4 Å². The Hall–Kier alpha value is -3.67. The number of hydrogen-bond acceptors (Lipinski definition) is 5. The minimum absolute atomic E-state index is 0.209. The molecule has 0 saturated carbocycles. The van der Waals surface area contributed by atoms with Crippen LogP contribution in [0.2, 0.25) is 0 Å². The van der Waals surface area contributed by atoms with Gasteiger partial charge in [-0.1, -0.05) is 30.3 Å². The van der Waals surface area contributed by atoms with Crippen LogP contribution in [-0.4, -0.2) is 23.2 Å². The molecule has 1 amide bonds. The molecule has 0 saturated heterocycles. The Morgan fingerprint density at radius 1 is 1.07 bits per heavy atom. The van der Waals surface area contributed by atoms with E-state index in [2.05, 4.69) is 27.6 Å². The molecular weight excluding hydrogens is 342 g/mol. The third kappa shape index (κ3) is 3.37. The number of furan rings is 1. The highest BCUT2D eigenvalue weighted by Gasteiger charge is 2.14. The first kappa shape index (κ1) is 16.8. The predicted molar refractivity (Wildman–Crippen MR) is 101 cm³/mol. The second-order valence-electron chi connectivity index (χ2n) is 5.92. The largest absolute Gasteiger partial charge is 0.485 e. The molecule has 0 unspecified atom stereocenters. The molecule has 0 atom stereocenters. The van der Waals surface area contributed by atoms with E-state index in [4.69, 9.17) is 9.15 Å². The Morgan fingerprint density at radius 2 is 1.96 bits per heavy atom. The lowest BCUT2D eigenvalue weighted by molar-refractivity contribution is 0.0931. The summed E-state index contributed by atoms with van der Waals surface area (Å²) in [5.74, 6) is 1.27. The highest BCUT2D eigenvalue weighted by Crippen LogP contribution is 2.37. The van der Waals surface area contributed by atoms with E-state index in [1.807, 2.05) is 30.3 Å². The Balaban J connectivity index is 1.69. The minimum atomic E-state index is -0.268. The first-order chi connectivity index (χ1) is 13.3. The molecular formula is C21H17N3O3. The van der Waals surface area contributed by atoms with Crippen molar-refractivity contribution < 1.29 is 13.9 Å². The lowest BCUT2D eigenvalue weighted by Gasteiger charge is -2.13. The summed E-state index contributed by atoms with van der Waals surface area (Å²) < 4.78 is 11.6. The Morgan fingerprint density at radius 3 is 2.78 bits per heavy atom. The van der Waals surface area contributed by atoms with Crippen LogP contribution in [-0.2, 0) is 6.61 Å². The lowest BCUT2D eigenvalue weighted by atomic mass is 9.98. The summed E-state index contributed by atoms with van der Waals surface area (Å²) in [6.45, 7) is 0.209. The van der Waals surface area contributed by atoms with Gasteiger partial charge in [0.25, 0.3) is 5.91 Å². The quantitative estimate of drug-likeness (QED) is 0.586. The summed E-state index contributed by atoms with van der Waals surface area (Å²) in [4.78, 5) is 11.6. The molecule has 1 N–H and O–H groups in total. The van der Waals surface area contributed by atoms with Crippen molar-refractivity contribution in [1.82, 2.24) is 15.5 Å². The van der Waals surface area contributed by atoms with Gasteiger partial charge in [-0.15, -0.1) is 0 Å². The first-order valence-corrected chi connectivity index (χ1v) is 8.48. The maximum absolute atomic E-state index is 11.6. The van der Waals surface area contributed by atoms with Gasteiger partial charge in [0.05, 0.1) is 12.4 Å². The van der Waals surface area contributed by atoms with E-state index < -0.39 is 0 Å². The third-order valence-electron chi connectivity index (χ3n) is 4.25. The highest BCUT2D eigenvalue weighted by molar-refractivity contribution is 5.99. The molecule has 2 heterocycles. The molecule has 0 bridgehead atoms. The molecule has 4 rings (SSSR count). The summed E-state index contributed by atoms with van der Waals surface area (Å²) in [7, 11) is 1.56. The molecule has 4 aromatic rings. The van der Waals surface area contributed by atoms with Crippen LogP contribution in [0.25, 0.3) is 21.9 Å². The van der Waals surface area contributed by atoms with E-state index >= 15 is 0 Å². The van der Waals surface area contributed by atoms with Crippen LogP contribution >= 0.6 is 0 Å². The van der Waals surface area contributed by atoms with E-state index in [0.717, 1.165) is 21.9 Å². The van der Waals surface area contributed by atoms with Gasteiger partial charge in [0, 0.05) is 18.2 Å². The number of benzene rings is 2. The Bertz CT molecular complexity index is 1090. The number of nitrogens with zero attached hydrogens (tertiary/aromatic N) is 2. The Kier molecular flexibility index (Phi) is 4.53. The fourth-order valence-corrected chi connectivity index (χ4v) is 2.96. The highest BCUT2D eigenvalue weighted by atomic mass is 16.5. The molecule has 0 aliphatic carbocycles. The summed E-state index contributed by atoms with van der Waals surface area (Å²) in [6, 6.07) is 17.3. The third-order valence-corrected chi connectivity index (χ3v) is 4.25. The number of aromatic nitrogens is 2. The fraction of sp³-hybridized carbons (Fsp3) is 0.0952. The molecule has 2 aromatic heterocycles.